The molecule has 6 atom stereocenters. The summed E-state index contributed by atoms with van der Waals surface area (Å²) in [4.78, 5) is 94.9. The van der Waals surface area contributed by atoms with Crippen LogP contribution in [0.5, 0.6) is 5.75 Å². The second kappa shape index (κ2) is 45.9. The lowest BCUT2D eigenvalue weighted by molar-refractivity contribution is -0.143. The number of nitrogens with two attached hydrogens (primary N) is 1. The molecule has 23 heteroatoms. The van der Waals surface area contributed by atoms with Crippen LogP contribution in [0.3, 0.4) is 0 Å². The molecule has 9 N–H and O–H groups in total. The van der Waals surface area contributed by atoms with Crippen LogP contribution in [0.2, 0.25) is 0 Å². The van der Waals surface area contributed by atoms with Gasteiger partial charge in [-0.1, -0.05) is 152 Å². The molecule has 0 aliphatic rings. The van der Waals surface area contributed by atoms with E-state index in [0.29, 0.717) is 30.4 Å². The quantitative estimate of drug-likeness (QED) is 0.0168. The first-order valence-electron chi connectivity index (χ1n) is 39.8. The molecule has 23 nitrogen and oxygen atoms in total. The molecular formula is C96H125N7O16. The number of ether oxygens (including phenoxy) is 5. The lowest BCUT2D eigenvalue weighted by atomic mass is 9.93. The number of carbonyl (C=O) groups is 6. The number of amides is 4. The number of aliphatic hydroxyl groups is 2. The number of methoxy groups -OCH3 is 1. The Labute approximate surface area is 702 Å². The predicted octanol–water partition coefficient (Wildman–Crippen LogP) is 15.9. The van der Waals surface area contributed by atoms with Crippen LogP contribution in [-0.2, 0) is 71.8 Å². The zero-order chi connectivity index (χ0) is 88.7. The van der Waals surface area contributed by atoms with E-state index in [0.717, 1.165) is 86.1 Å². The minimum absolute atomic E-state index is 0.0114. The maximum absolute atomic E-state index is 12.6. The van der Waals surface area contributed by atoms with Gasteiger partial charge >= 0.3 is 30.3 Å². The summed E-state index contributed by atoms with van der Waals surface area (Å²) in [6, 6.07) is 54.7. The minimum Gasteiger partial charge on any atom is -0.508 e. The Bertz CT molecular complexity index is 4950. The maximum Gasteiger partial charge on any atom is 0.408 e. The van der Waals surface area contributed by atoms with Crippen molar-refractivity contribution in [3.05, 3.63) is 299 Å². The normalized spacial score (nSPS) is 12.7. The van der Waals surface area contributed by atoms with Crippen LogP contribution in [0, 0.1) is 55.4 Å². The number of para-hydroxylation sites is 1. The molecule has 6 unspecified atom stereocenters. The summed E-state index contributed by atoms with van der Waals surface area (Å²) >= 11 is 0. The van der Waals surface area contributed by atoms with Gasteiger partial charge in [0.25, 0.3) is 11.1 Å². The number of aliphatic hydroxyl groups excluding tert-OH is 2. The summed E-state index contributed by atoms with van der Waals surface area (Å²) in [6.07, 6.45) is 4.35. The average molecular weight is 1630 g/mol. The number of alkyl carbamates (subject to hydrolysis) is 4. The molecule has 9 aromatic rings. The highest BCUT2D eigenvalue weighted by molar-refractivity contribution is 5.82. The number of esters is 1. The molecule has 119 heavy (non-hydrogen) atoms. The van der Waals surface area contributed by atoms with E-state index in [4.69, 9.17) is 24.7 Å². The third-order valence-corrected chi connectivity index (χ3v) is 18.3. The standard InChI is InChI=1S/C28H34N2O4.C23H26N2O.C15H21NO5.C15H23NO3.C15H21NO3/c1-18-11-14-25(31)30(17-18)24-13-12-22(15-20(24)3)26(32)23(29-27(33)34-28(4,5)6)16-21-10-8-7-9-19(21)2;1-16-8-11-23(26)25(15-16)22-10-9-19(12-18(22)3)13-21(24)14-20-7-5-4-6-17(20)2;1-15(2,3)21-14(19)16-11(13(18)20-4)9-10-7-5-6-8-12(10)17;2*1-11-7-5-6-8-12(11)9-13(10-17)16-14(18)19-15(2,3)4/h7-15,17,23,26,32H,16H2,1-6H3,(H,29,33);4-12,15,21H,13-14,24H2,1-3H3;5-8,11,17H,9H2,1-4H3,(H,16,19);5-8,13,17H,9-10H2,1-4H3,(H,16,18);5-8,10,13H,9H2,1-4H3,(H,16,18). The molecule has 9 rings (SSSR count). The van der Waals surface area contributed by atoms with Crippen molar-refractivity contribution in [2.75, 3.05) is 13.7 Å². The van der Waals surface area contributed by atoms with Crippen LogP contribution >= 0.6 is 0 Å². The van der Waals surface area contributed by atoms with Gasteiger partial charge in [0, 0.05) is 37.0 Å². The van der Waals surface area contributed by atoms with E-state index in [9.17, 15) is 53.7 Å². The number of carbonyl (C=O) groups excluding carboxylic acids is 6. The predicted molar refractivity (Wildman–Crippen MR) is 469 cm³/mol. The number of nitrogens with one attached hydrogen (secondary N) is 4. The summed E-state index contributed by atoms with van der Waals surface area (Å²) < 4.78 is 28.8. The van der Waals surface area contributed by atoms with Crippen molar-refractivity contribution in [2.45, 2.75) is 236 Å². The van der Waals surface area contributed by atoms with Gasteiger partial charge in [0.05, 0.1) is 49.3 Å². The Kier molecular flexibility index (Phi) is 37.8. The first-order valence-corrected chi connectivity index (χ1v) is 39.8. The number of benzene rings is 7. The van der Waals surface area contributed by atoms with Gasteiger partial charge in [-0.2, -0.15) is 0 Å². The van der Waals surface area contributed by atoms with Crippen molar-refractivity contribution in [1.82, 2.24) is 30.4 Å². The Morgan fingerprint density at radius 3 is 1.24 bits per heavy atom. The number of nitrogens with zero attached hydrogens (tertiary/aromatic N) is 2. The number of pyridine rings is 2. The lowest BCUT2D eigenvalue weighted by Crippen LogP contribution is -2.45. The van der Waals surface area contributed by atoms with Crippen LogP contribution in [0.1, 0.15) is 173 Å². The minimum atomic E-state index is -0.978. The van der Waals surface area contributed by atoms with Crippen LogP contribution in [-0.4, -0.2) is 127 Å². The topological polar surface area (TPSA) is 327 Å². The van der Waals surface area contributed by atoms with E-state index in [-0.39, 0.29) is 42.0 Å². The first-order chi connectivity index (χ1) is 55.7. The fourth-order valence-electron chi connectivity index (χ4n) is 12.4. The summed E-state index contributed by atoms with van der Waals surface area (Å²) in [5, 5.41) is 41.0. The number of hydrogen-bond donors (Lipinski definition) is 8. The third-order valence-electron chi connectivity index (χ3n) is 18.3. The fraction of sp³-hybridized carbons (Fsp3) is 0.396. The number of hydrogen-bond acceptors (Lipinski definition) is 17. The smallest absolute Gasteiger partial charge is 0.408 e. The summed E-state index contributed by atoms with van der Waals surface area (Å²) in [6.45, 7) is 37.2. The second-order valence-corrected chi connectivity index (χ2v) is 33.6. The maximum atomic E-state index is 12.6. The molecule has 0 aliphatic carbocycles. The second-order valence-electron chi connectivity index (χ2n) is 33.6. The van der Waals surface area contributed by atoms with Crippen molar-refractivity contribution in [3.8, 4) is 17.1 Å². The van der Waals surface area contributed by atoms with Crippen molar-refractivity contribution in [2.24, 2.45) is 5.73 Å². The van der Waals surface area contributed by atoms with E-state index in [2.05, 4.69) is 69.3 Å². The molecule has 4 amide bonds. The van der Waals surface area contributed by atoms with Crippen LogP contribution in [0.15, 0.2) is 204 Å². The number of aryl methyl sites for hydroxylation is 8. The van der Waals surface area contributed by atoms with Gasteiger partial charge in [0.2, 0.25) is 0 Å². The fourth-order valence-corrected chi connectivity index (χ4v) is 12.4. The summed E-state index contributed by atoms with van der Waals surface area (Å²) in [5.41, 5.74) is 21.0. The molecule has 0 spiro atoms. The van der Waals surface area contributed by atoms with E-state index in [1.165, 1.54) is 29.9 Å². The van der Waals surface area contributed by atoms with Crippen LogP contribution in [0.25, 0.3) is 11.4 Å². The van der Waals surface area contributed by atoms with Gasteiger partial charge < -0.3 is 70.8 Å². The zero-order valence-corrected chi connectivity index (χ0v) is 73.1. The van der Waals surface area contributed by atoms with E-state index in [1.54, 1.807) is 120 Å². The number of aromatic nitrogens is 2. The lowest BCUT2D eigenvalue weighted by Gasteiger charge is -2.28. The Balaban J connectivity index is 0.000000270. The molecule has 7 aromatic carbocycles. The van der Waals surface area contributed by atoms with E-state index >= 15 is 0 Å². The first kappa shape index (κ1) is 97.9. The zero-order valence-electron chi connectivity index (χ0n) is 73.1. The summed E-state index contributed by atoms with van der Waals surface area (Å²) in [5.74, 6) is -0.554. The Morgan fingerprint density at radius 2 is 0.824 bits per heavy atom. The molecule has 2 heterocycles. The van der Waals surface area contributed by atoms with Crippen LogP contribution < -0.4 is 38.1 Å². The number of rotatable bonds is 23. The van der Waals surface area contributed by atoms with Gasteiger partial charge in [-0.25, -0.2) is 24.0 Å². The van der Waals surface area contributed by atoms with E-state index < -0.39 is 77.0 Å². The van der Waals surface area contributed by atoms with Gasteiger partial charge in [-0.3, -0.25) is 18.7 Å². The number of phenolic OH excluding ortho intramolecular Hbond substituents is 1. The molecule has 0 aliphatic heterocycles. The van der Waals surface area contributed by atoms with Crippen molar-refractivity contribution in [3.63, 3.8) is 0 Å². The number of aromatic hydroxyl groups is 1. The van der Waals surface area contributed by atoms with E-state index in [1.807, 2.05) is 172 Å². The Morgan fingerprint density at radius 1 is 0.437 bits per heavy atom. The van der Waals surface area contributed by atoms with Gasteiger partial charge in [0.1, 0.15) is 40.5 Å². The van der Waals surface area contributed by atoms with Gasteiger partial charge in [-0.05, 0) is 272 Å². The SMILES string of the molecule is COC(=O)C(Cc1ccccc1O)NC(=O)OC(C)(C)C.Cc1ccc(=O)n(-c2ccc(C(O)C(Cc3ccccc3C)NC(=O)OC(C)(C)C)cc2C)c1.Cc1ccc(=O)n(-c2ccc(CC(N)Cc3ccccc3C)cc2C)c1.Cc1ccccc1CC(C=O)NC(=O)OC(C)(C)C.Cc1ccccc1CC(CO)NC(=O)OC(C)(C)C. The molecular weight excluding hydrogens is 1510 g/mol. The summed E-state index contributed by atoms with van der Waals surface area (Å²) in [7, 11) is 1.23. The van der Waals surface area contributed by atoms with Crippen molar-refractivity contribution in [1.29, 1.82) is 0 Å². The molecule has 2 aromatic heterocycles. The van der Waals surface area contributed by atoms with Gasteiger partial charge in [0.15, 0.2) is 0 Å². The largest absolute Gasteiger partial charge is 0.508 e. The van der Waals surface area contributed by atoms with Crippen molar-refractivity contribution >= 4 is 36.6 Å². The number of aldehydes is 1. The molecule has 0 saturated heterocycles. The molecule has 0 bridgehead atoms. The highest BCUT2D eigenvalue weighted by atomic mass is 16.6. The average Bonchev–Trinajstić information content (AvgIpc) is 0.803. The monoisotopic (exact) mass is 1630 g/mol. The van der Waals surface area contributed by atoms with Crippen LogP contribution in [0.4, 0.5) is 19.2 Å². The molecule has 640 valence electrons. The highest BCUT2D eigenvalue weighted by Crippen LogP contribution is 2.27. The Hall–Kier alpha value is -11.7. The molecule has 0 saturated carbocycles. The highest BCUT2D eigenvalue weighted by Gasteiger charge is 2.30. The van der Waals surface area contributed by atoms with Gasteiger partial charge in [-0.15, -0.1) is 0 Å². The van der Waals surface area contributed by atoms with Crippen molar-refractivity contribution < 1.29 is 67.8 Å². The molecule has 0 radical (unpaired) electrons. The molecule has 0 fully saturated rings. The third kappa shape index (κ3) is 35.2. The number of phenols is 1.